The minimum absolute atomic E-state index is 0.00507. The number of carbonyl (C=O) groups is 2. The number of phenols is 1. The third-order valence-corrected chi connectivity index (χ3v) is 6.72. The van der Waals surface area contributed by atoms with Crippen molar-refractivity contribution in [3.63, 3.8) is 0 Å². The van der Waals surface area contributed by atoms with Crippen LogP contribution in [0.4, 0.5) is 0 Å². The Morgan fingerprint density at radius 3 is 2.46 bits per heavy atom. The summed E-state index contributed by atoms with van der Waals surface area (Å²) in [6.45, 7) is 1.36. The van der Waals surface area contributed by atoms with Crippen LogP contribution in [-0.2, 0) is 16.1 Å². The summed E-state index contributed by atoms with van der Waals surface area (Å²) >= 11 is 0. The molecule has 1 aliphatic heterocycles. The average molecular weight is 386 g/mol. The maximum absolute atomic E-state index is 12.6. The molecule has 1 N–H and O–H groups in total. The Hall–Kier alpha value is -2.04. The number of aromatic hydroxyl groups is 1. The zero-order chi connectivity index (χ0) is 19.5. The van der Waals surface area contributed by atoms with Crippen molar-refractivity contribution >= 4 is 11.9 Å². The van der Waals surface area contributed by atoms with Gasteiger partial charge in [0.25, 0.3) is 5.91 Å². The van der Waals surface area contributed by atoms with Crippen LogP contribution in [0.3, 0.4) is 0 Å². The van der Waals surface area contributed by atoms with Gasteiger partial charge in [-0.1, -0.05) is 18.9 Å². The Morgan fingerprint density at radius 2 is 1.75 bits per heavy atom. The van der Waals surface area contributed by atoms with Gasteiger partial charge in [0.15, 0.2) is 0 Å². The lowest BCUT2D eigenvalue weighted by Gasteiger charge is -2.31. The molecule has 4 rings (SSSR count). The summed E-state index contributed by atoms with van der Waals surface area (Å²) in [7, 11) is 0. The number of hydrogen-bond acceptors (Lipinski definition) is 4. The molecule has 0 aromatic heterocycles. The number of ether oxygens (including phenoxy) is 1. The molecule has 2 saturated carbocycles. The number of phenolic OH excluding ortho intramolecular Hbond substituents is 1. The molecule has 2 aliphatic carbocycles. The van der Waals surface area contributed by atoms with E-state index >= 15 is 0 Å². The first-order valence-corrected chi connectivity index (χ1v) is 10.9. The maximum atomic E-state index is 12.6. The van der Waals surface area contributed by atoms with Crippen molar-refractivity contribution in [1.29, 1.82) is 0 Å². The molecule has 152 valence electrons. The molecule has 3 aliphatic rings. The normalized spacial score (nSPS) is 26.0. The molecule has 1 amide bonds. The predicted octanol–water partition coefficient (Wildman–Crippen LogP) is 4.42. The summed E-state index contributed by atoms with van der Waals surface area (Å²) in [4.78, 5) is 27.0. The Balaban J connectivity index is 1.24. The molecule has 5 nitrogen and oxygen atoms in total. The largest absolute Gasteiger partial charge is 0.508 e. The van der Waals surface area contributed by atoms with Crippen LogP contribution in [0.25, 0.3) is 0 Å². The van der Waals surface area contributed by atoms with E-state index in [0.29, 0.717) is 18.0 Å². The number of carbonyl (C=O) groups excluding carboxylic acids is 2. The van der Waals surface area contributed by atoms with E-state index in [9.17, 15) is 14.7 Å². The van der Waals surface area contributed by atoms with E-state index in [1.807, 2.05) is 11.0 Å². The van der Waals surface area contributed by atoms with E-state index in [0.717, 1.165) is 50.6 Å². The SMILES string of the molecule is O=C(OC1CCCCCC1)C1CCC(CN2Cc3ccc(O)cc3C2=O)CC1. The number of amides is 1. The van der Waals surface area contributed by atoms with Crippen LogP contribution in [0.15, 0.2) is 18.2 Å². The number of fused-ring (bicyclic) bond motifs is 1. The van der Waals surface area contributed by atoms with Gasteiger partial charge in [0, 0.05) is 18.7 Å². The summed E-state index contributed by atoms with van der Waals surface area (Å²) in [6, 6.07) is 5.04. The van der Waals surface area contributed by atoms with Crippen LogP contribution in [0.2, 0.25) is 0 Å². The second kappa shape index (κ2) is 8.54. The summed E-state index contributed by atoms with van der Waals surface area (Å²) in [6.07, 6.45) is 10.7. The summed E-state index contributed by atoms with van der Waals surface area (Å²) in [5, 5.41) is 9.62. The van der Waals surface area contributed by atoms with Crippen LogP contribution in [0, 0.1) is 11.8 Å². The second-order valence-corrected chi connectivity index (χ2v) is 8.80. The van der Waals surface area contributed by atoms with E-state index in [2.05, 4.69) is 0 Å². The summed E-state index contributed by atoms with van der Waals surface area (Å²) < 4.78 is 5.82. The van der Waals surface area contributed by atoms with Gasteiger partial charge in [0.2, 0.25) is 0 Å². The number of hydrogen-bond donors (Lipinski definition) is 1. The van der Waals surface area contributed by atoms with Crippen LogP contribution >= 0.6 is 0 Å². The Bertz CT molecular complexity index is 715. The fraction of sp³-hybridized carbons (Fsp3) is 0.652. The lowest BCUT2D eigenvalue weighted by atomic mass is 9.81. The Kier molecular flexibility index (Phi) is 5.88. The van der Waals surface area contributed by atoms with Crippen LogP contribution in [0.5, 0.6) is 5.75 Å². The quantitative estimate of drug-likeness (QED) is 0.615. The monoisotopic (exact) mass is 385 g/mol. The Labute approximate surface area is 167 Å². The highest BCUT2D eigenvalue weighted by molar-refractivity contribution is 5.98. The third-order valence-electron chi connectivity index (χ3n) is 6.72. The Morgan fingerprint density at radius 1 is 1.04 bits per heavy atom. The van der Waals surface area contributed by atoms with E-state index < -0.39 is 0 Å². The predicted molar refractivity (Wildman–Crippen MR) is 106 cm³/mol. The van der Waals surface area contributed by atoms with Crippen LogP contribution in [-0.4, -0.2) is 34.5 Å². The average Bonchev–Trinajstić information content (AvgIpc) is 2.87. The van der Waals surface area contributed by atoms with Crippen molar-refractivity contribution in [1.82, 2.24) is 4.90 Å². The fourth-order valence-corrected chi connectivity index (χ4v) is 5.01. The molecule has 1 aromatic rings. The zero-order valence-corrected chi connectivity index (χ0v) is 16.6. The van der Waals surface area contributed by atoms with Gasteiger partial charge in [-0.15, -0.1) is 0 Å². The minimum atomic E-state index is 0.00507. The lowest BCUT2D eigenvalue weighted by molar-refractivity contribution is -0.156. The summed E-state index contributed by atoms with van der Waals surface area (Å²) in [5.74, 6) is 0.629. The standard InChI is InChI=1S/C23H31NO4/c25-19-12-11-18-15-24(22(26)21(18)13-19)14-16-7-9-17(10-8-16)23(27)28-20-5-3-1-2-4-6-20/h11-13,16-17,20,25H,1-10,14-15H2. The molecule has 2 fully saturated rings. The number of esters is 1. The highest BCUT2D eigenvalue weighted by Gasteiger charge is 2.33. The molecular weight excluding hydrogens is 354 g/mol. The van der Waals surface area contributed by atoms with Gasteiger partial charge in [-0.05, 0) is 75.0 Å². The van der Waals surface area contributed by atoms with Crippen molar-refractivity contribution in [2.45, 2.75) is 76.9 Å². The van der Waals surface area contributed by atoms with Gasteiger partial charge in [-0.3, -0.25) is 9.59 Å². The van der Waals surface area contributed by atoms with Gasteiger partial charge in [0.1, 0.15) is 11.9 Å². The molecule has 0 unspecified atom stereocenters. The van der Waals surface area contributed by atoms with E-state index in [4.69, 9.17) is 4.74 Å². The minimum Gasteiger partial charge on any atom is -0.508 e. The third kappa shape index (κ3) is 4.34. The second-order valence-electron chi connectivity index (χ2n) is 8.80. The molecule has 1 aromatic carbocycles. The highest BCUT2D eigenvalue weighted by Crippen LogP contribution is 2.34. The molecule has 1 heterocycles. The van der Waals surface area contributed by atoms with Gasteiger partial charge in [0.05, 0.1) is 5.92 Å². The zero-order valence-electron chi connectivity index (χ0n) is 16.6. The van der Waals surface area contributed by atoms with E-state index in [-0.39, 0.29) is 29.6 Å². The molecular formula is C23H31NO4. The van der Waals surface area contributed by atoms with Crippen molar-refractivity contribution < 1.29 is 19.4 Å². The summed E-state index contributed by atoms with van der Waals surface area (Å²) in [5.41, 5.74) is 1.61. The smallest absolute Gasteiger partial charge is 0.309 e. The first kappa shape index (κ1) is 19.3. The van der Waals surface area contributed by atoms with Gasteiger partial charge < -0.3 is 14.7 Å². The molecule has 5 heteroatoms. The number of benzene rings is 1. The van der Waals surface area contributed by atoms with Gasteiger partial charge >= 0.3 is 5.97 Å². The molecule has 0 saturated heterocycles. The lowest BCUT2D eigenvalue weighted by Crippen LogP contribution is -2.34. The molecule has 0 atom stereocenters. The van der Waals surface area contributed by atoms with Crippen LogP contribution in [0.1, 0.15) is 80.1 Å². The molecule has 28 heavy (non-hydrogen) atoms. The van der Waals surface area contributed by atoms with E-state index in [1.165, 1.54) is 25.7 Å². The van der Waals surface area contributed by atoms with Gasteiger partial charge in [-0.25, -0.2) is 0 Å². The highest BCUT2D eigenvalue weighted by atomic mass is 16.5. The van der Waals surface area contributed by atoms with Crippen molar-refractivity contribution in [3.05, 3.63) is 29.3 Å². The van der Waals surface area contributed by atoms with Crippen molar-refractivity contribution in [3.8, 4) is 5.75 Å². The van der Waals surface area contributed by atoms with Crippen LogP contribution < -0.4 is 0 Å². The van der Waals surface area contributed by atoms with E-state index in [1.54, 1.807) is 12.1 Å². The first-order valence-electron chi connectivity index (χ1n) is 10.9. The van der Waals surface area contributed by atoms with Crippen molar-refractivity contribution in [2.24, 2.45) is 11.8 Å². The molecule has 0 spiro atoms. The number of nitrogens with zero attached hydrogens (tertiary/aromatic N) is 1. The topological polar surface area (TPSA) is 66.8 Å². The fourth-order valence-electron chi connectivity index (χ4n) is 5.01. The maximum Gasteiger partial charge on any atom is 0.309 e. The number of rotatable bonds is 4. The van der Waals surface area contributed by atoms with Crippen molar-refractivity contribution in [2.75, 3.05) is 6.54 Å². The molecule has 0 radical (unpaired) electrons. The molecule has 0 bridgehead atoms. The first-order chi connectivity index (χ1) is 13.6. The van der Waals surface area contributed by atoms with Gasteiger partial charge in [-0.2, -0.15) is 0 Å².